The van der Waals surface area contributed by atoms with Crippen LogP contribution in [-0.2, 0) is 4.79 Å². The molecule has 2 aromatic carbocycles. The number of nitrogens with zero attached hydrogens (tertiary/aromatic N) is 4. The fraction of sp³-hybridized carbons (Fsp3) is 0.375. The second-order valence-electron chi connectivity index (χ2n) is 11.5. The molecule has 3 unspecified atom stereocenters. The number of carbonyl (C=O) groups excluding carboxylic acids is 2. The van der Waals surface area contributed by atoms with Crippen molar-refractivity contribution in [3.8, 4) is 17.0 Å². The lowest BCUT2D eigenvalue weighted by molar-refractivity contribution is -0.123. The van der Waals surface area contributed by atoms with Crippen LogP contribution >= 0.6 is 0 Å². The van der Waals surface area contributed by atoms with Crippen LogP contribution in [0.2, 0.25) is 0 Å². The molecule has 3 atom stereocenters. The lowest BCUT2D eigenvalue weighted by Crippen LogP contribution is -2.45. The number of amides is 2. The third kappa shape index (κ3) is 4.94. The molecule has 8 nitrogen and oxygen atoms in total. The molecule has 0 saturated carbocycles. The third-order valence-electron chi connectivity index (χ3n) is 8.31. The molecule has 0 spiro atoms. The Morgan fingerprint density at radius 3 is 2.45 bits per heavy atom. The van der Waals surface area contributed by atoms with Gasteiger partial charge in [-0.05, 0) is 79.8 Å². The van der Waals surface area contributed by atoms with Gasteiger partial charge in [-0.2, -0.15) is 5.10 Å². The molecular weight excluding hydrogens is 502 g/mol. The van der Waals surface area contributed by atoms with Gasteiger partial charge in [0.25, 0.3) is 0 Å². The number of pyridine rings is 1. The van der Waals surface area contributed by atoms with Crippen LogP contribution in [0.5, 0.6) is 5.75 Å². The van der Waals surface area contributed by atoms with Gasteiger partial charge in [-0.1, -0.05) is 19.9 Å². The molecule has 2 saturated heterocycles. The van der Waals surface area contributed by atoms with Crippen LogP contribution in [0.25, 0.3) is 22.2 Å². The van der Waals surface area contributed by atoms with Gasteiger partial charge in [-0.25, -0.2) is 0 Å². The summed E-state index contributed by atoms with van der Waals surface area (Å²) in [5, 5.41) is 5.99. The van der Waals surface area contributed by atoms with Gasteiger partial charge in [0.1, 0.15) is 17.5 Å². The Hall–Kier alpha value is -4.20. The van der Waals surface area contributed by atoms with Gasteiger partial charge in [0.2, 0.25) is 12.3 Å². The quantitative estimate of drug-likeness (QED) is 0.290. The summed E-state index contributed by atoms with van der Waals surface area (Å²) >= 11 is 0. The molecule has 4 heterocycles. The molecule has 2 aliphatic heterocycles. The van der Waals surface area contributed by atoms with Crippen molar-refractivity contribution in [1.29, 1.82) is 0 Å². The lowest BCUT2D eigenvalue weighted by atomic mass is 10.00. The number of benzene rings is 2. The summed E-state index contributed by atoms with van der Waals surface area (Å²) in [6.07, 6.45) is 7.63. The Morgan fingerprint density at radius 2 is 1.82 bits per heavy atom. The summed E-state index contributed by atoms with van der Waals surface area (Å²) in [5.74, 6) is 0.757. The van der Waals surface area contributed by atoms with Crippen LogP contribution in [0.4, 0.5) is 0 Å². The van der Waals surface area contributed by atoms with Crippen molar-refractivity contribution >= 4 is 23.2 Å². The zero-order chi connectivity index (χ0) is 27.8. The van der Waals surface area contributed by atoms with Crippen LogP contribution in [-0.4, -0.2) is 50.2 Å². The van der Waals surface area contributed by atoms with Crippen molar-refractivity contribution < 1.29 is 14.3 Å². The maximum absolute atomic E-state index is 12.1. The minimum Gasteiger partial charge on any atom is -0.490 e. The first-order valence-electron chi connectivity index (χ1n) is 14.1. The number of ether oxygens (including phenoxy) is 1. The molecule has 2 fully saturated rings. The van der Waals surface area contributed by atoms with Gasteiger partial charge < -0.3 is 15.4 Å². The topological polar surface area (TPSA) is 103 Å². The van der Waals surface area contributed by atoms with Crippen molar-refractivity contribution in [3.63, 3.8) is 0 Å². The highest BCUT2D eigenvalue weighted by atomic mass is 16.5. The Balaban J connectivity index is 1.34. The predicted molar refractivity (Wildman–Crippen MR) is 154 cm³/mol. The van der Waals surface area contributed by atoms with Crippen LogP contribution < -0.4 is 10.5 Å². The molecule has 2 bridgehead atoms. The van der Waals surface area contributed by atoms with Crippen molar-refractivity contribution in [1.82, 2.24) is 19.7 Å². The highest BCUT2D eigenvalue weighted by Gasteiger charge is 2.40. The molecule has 4 aromatic rings. The first-order valence-corrected chi connectivity index (χ1v) is 14.1. The number of hydrogen-bond acceptors (Lipinski definition) is 5. The third-order valence-corrected chi connectivity index (χ3v) is 8.31. The summed E-state index contributed by atoms with van der Waals surface area (Å²) in [4.78, 5) is 30.1. The lowest BCUT2D eigenvalue weighted by Gasteiger charge is -2.36. The fourth-order valence-electron chi connectivity index (χ4n) is 6.43. The smallest absolute Gasteiger partial charge is 0.248 e. The minimum absolute atomic E-state index is 0.0629. The van der Waals surface area contributed by atoms with E-state index in [4.69, 9.17) is 15.6 Å². The summed E-state index contributed by atoms with van der Waals surface area (Å²) in [6.45, 7) is 4.39. The molecule has 2 aromatic heterocycles. The summed E-state index contributed by atoms with van der Waals surface area (Å²) in [5.41, 5.74) is 9.69. The van der Waals surface area contributed by atoms with E-state index in [0.29, 0.717) is 11.5 Å². The van der Waals surface area contributed by atoms with Gasteiger partial charge >= 0.3 is 0 Å². The normalized spacial score (nSPS) is 21.1. The van der Waals surface area contributed by atoms with Crippen LogP contribution in [0, 0.1) is 5.92 Å². The van der Waals surface area contributed by atoms with Gasteiger partial charge in [0, 0.05) is 47.6 Å². The van der Waals surface area contributed by atoms with E-state index in [1.54, 1.807) is 6.07 Å². The average molecular weight is 538 g/mol. The van der Waals surface area contributed by atoms with E-state index in [2.05, 4.69) is 18.8 Å². The molecule has 2 N–H and O–H groups in total. The number of fused-ring (bicyclic) bond motifs is 3. The predicted octanol–water partition coefficient (Wildman–Crippen LogP) is 5.36. The minimum atomic E-state index is -0.470. The van der Waals surface area contributed by atoms with E-state index in [9.17, 15) is 9.59 Å². The number of nitrogens with two attached hydrogens (primary N) is 1. The van der Waals surface area contributed by atoms with Crippen LogP contribution in [0.3, 0.4) is 0 Å². The second-order valence-corrected chi connectivity index (χ2v) is 11.5. The maximum atomic E-state index is 12.1. The SMILES string of the molecule is CC(C)CC(c1ccccn1)n1nc(-c2ccc(OC3CC4CCC(C3)N4C=O)cc2)c2cc(C(N)=O)ccc21. The number of piperidine rings is 1. The molecule has 6 rings (SSSR count). The zero-order valence-electron chi connectivity index (χ0n) is 22.9. The first-order chi connectivity index (χ1) is 19.4. The average Bonchev–Trinajstić information content (AvgIpc) is 3.46. The van der Waals surface area contributed by atoms with E-state index in [1.165, 1.54) is 0 Å². The van der Waals surface area contributed by atoms with E-state index >= 15 is 0 Å². The molecule has 2 aliphatic rings. The summed E-state index contributed by atoms with van der Waals surface area (Å²) in [6, 6.07) is 20.0. The molecule has 2 amide bonds. The maximum Gasteiger partial charge on any atom is 0.248 e. The molecule has 40 heavy (non-hydrogen) atoms. The Bertz CT molecular complexity index is 1500. The number of hydrogen-bond donors (Lipinski definition) is 1. The molecule has 0 radical (unpaired) electrons. The monoisotopic (exact) mass is 537 g/mol. The van der Waals surface area contributed by atoms with Gasteiger partial charge in [-0.15, -0.1) is 0 Å². The number of carbonyl (C=O) groups is 2. The molecular formula is C32H35N5O3. The van der Waals surface area contributed by atoms with Crippen molar-refractivity contribution in [2.45, 2.75) is 70.2 Å². The summed E-state index contributed by atoms with van der Waals surface area (Å²) in [7, 11) is 0. The second kappa shape index (κ2) is 10.8. The molecule has 206 valence electrons. The van der Waals surface area contributed by atoms with Crippen molar-refractivity contribution in [2.75, 3.05) is 0 Å². The molecule has 8 heteroatoms. The number of aromatic nitrogens is 3. The largest absolute Gasteiger partial charge is 0.490 e. The van der Waals surface area contributed by atoms with Crippen LogP contribution in [0.1, 0.15) is 68.0 Å². The number of primary amides is 1. The van der Waals surface area contributed by atoms with E-state index in [0.717, 1.165) is 72.1 Å². The summed E-state index contributed by atoms with van der Waals surface area (Å²) < 4.78 is 8.41. The first kappa shape index (κ1) is 26.0. The van der Waals surface area contributed by atoms with Gasteiger partial charge in [-0.3, -0.25) is 19.3 Å². The van der Waals surface area contributed by atoms with E-state index < -0.39 is 5.91 Å². The van der Waals surface area contributed by atoms with Crippen molar-refractivity contribution in [3.05, 3.63) is 78.1 Å². The highest BCUT2D eigenvalue weighted by Crippen LogP contribution is 2.38. The van der Waals surface area contributed by atoms with E-state index in [-0.39, 0.29) is 24.2 Å². The number of rotatable bonds is 9. The zero-order valence-corrected chi connectivity index (χ0v) is 22.9. The Labute approximate surface area is 234 Å². The Morgan fingerprint density at radius 1 is 1.07 bits per heavy atom. The fourth-order valence-corrected chi connectivity index (χ4v) is 6.43. The Kier molecular flexibility index (Phi) is 7.00. The van der Waals surface area contributed by atoms with Gasteiger partial charge in [0.05, 0.1) is 17.3 Å². The van der Waals surface area contributed by atoms with Crippen LogP contribution in [0.15, 0.2) is 66.9 Å². The standard InChI is InChI=1S/C32H35N5O3/c1-20(2)15-30(28-5-3-4-14-34-28)37-29-13-8-22(32(33)39)16-27(29)31(35-37)21-6-11-25(12-7-21)40-26-17-23-9-10-24(18-26)36(23)19-38/h3-8,11-14,16,19-20,23-24,26,30H,9-10,15,17-18H2,1-2H3,(H2,33,39). The molecule has 0 aliphatic carbocycles. The van der Waals surface area contributed by atoms with Crippen molar-refractivity contribution in [2.24, 2.45) is 11.7 Å². The highest BCUT2D eigenvalue weighted by molar-refractivity contribution is 6.01. The van der Waals surface area contributed by atoms with E-state index in [1.807, 2.05) is 70.4 Å². The van der Waals surface area contributed by atoms with Gasteiger partial charge in [0.15, 0.2) is 0 Å².